The first-order valence-corrected chi connectivity index (χ1v) is 8.23. The fourth-order valence-electron chi connectivity index (χ4n) is 3.76. The second-order valence-electron chi connectivity index (χ2n) is 6.72. The zero-order chi connectivity index (χ0) is 16.6. The van der Waals surface area contributed by atoms with E-state index in [0.29, 0.717) is 43.3 Å². The summed E-state index contributed by atoms with van der Waals surface area (Å²) in [7, 11) is 0. The van der Waals surface area contributed by atoms with Crippen LogP contribution in [0.25, 0.3) is 0 Å². The Balaban J connectivity index is 1.57. The maximum Gasteiger partial charge on any atom is 0.310 e. The maximum atomic E-state index is 12.3. The van der Waals surface area contributed by atoms with Crippen LogP contribution in [0.3, 0.4) is 0 Å². The monoisotopic (exact) mass is 321 g/mol. The van der Waals surface area contributed by atoms with E-state index in [4.69, 9.17) is 16.2 Å². The molecule has 1 fully saturated rings. The molecule has 0 radical (unpaired) electrons. The van der Waals surface area contributed by atoms with Gasteiger partial charge in [0.25, 0.3) is 11.8 Å². The highest BCUT2D eigenvalue weighted by Crippen LogP contribution is 2.33. The molecule has 2 amide bonds. The number of carbonyl (C=O) groups is 3. The molecule has 126 valence electrons. The van der Waals surface area contributed by atoms with E-state index in [0.717, 1.165) is 17.7 Å². The zero-order valence-electron chi connectivity index (χ0n) is 13.1. The number of imide groups is 1. The molecule has 0 spiro atoms. The molecule has 7 nitrogen and oxygen atoms in total. The molecule has 0 aromatic rings. The van der Waals surface area contributed by atoms with Gasteiger partial charge in [0.1, 0.15) is 0 Å². The van der Waals surface area contributed by atoms with Gasteiger partial charge in [0.05, 0.1) is 5.92 Å². The van der Waals surface area contributed by atoms with Crippen molar-refractivity contribution in [1.82, 2.24) is 4.90 Å². The lowest BCUT2D eigenvalue weighted by molar-refractivity contribution is -0.159. The zero-order valence-corrected chi connectivity index (χ0v) is 13.1. The molecule has 1 aliphatic heterocycles. The third kappa shape index (κ3) is 3.16. The predicted octanol–water partition coefficient (Wildman–Crippen LogP) is 0.181. The smallest absolute Gasteiger partial charge is 0.310 e. The standard InChI is InChI=1S/C16H23N3O4/c17-10-5-9(6-11(18)7-10)16(22)23-8-19-14(20)12-3-1-2-4-13(12)15(19)21/h9-11H,1-8,17-18H2. The highest BCUT2D eigenvalue weighted by molar-refractivity contribution is 6.19. The summed E-state index contributed by atoms with van der Waals surface area (Å²) >= 11 is 0. The molecule has 2 atom stereocenters. The Bertz CT molecular complexity index is 534. The van der Waals surface area contributed by atoms with E-state index in [2.05, 4.69) is 0 Å². The van der Waals surface area contributed by atoms with E-state index >= 15 is 0 Å². The van der Waals surface area contributed by atoms with E-state index < -0.39 is 5.97 Å². The largest absolute Gasteiger partial charge is 0.443 e. The van der Waals surface area contributed by atoms with Gasteiger partial charge in [-0.2, -0.15) is 0 Å². The van der Waals surface area contributed by atoms with E-state index in [-0.39, 0.29) is 36.5 Å². The quantitative estimate of drug-likeness (QED) is 0.566. The van der Waals surface area contributed by atoms with Crippen LogP contribution in [0.15, 0.2) is 11.1 Å². The van der Waals surface area contributed by atoms with E-state index in [1.54, 1.807) is 0 Å². The summed E-state index contributed by atoms with van der Waals surface area (Å²) in [5.74, 6) is -1.41. The lowest BCUT2D eigenvalue weighted by Crippen LogP contribution is -2.43. The molecule has 7 heteroatoms. The van der Waals surface area contributed by atoms with Crippen molar-refractivity contribution >= 4 is 17.8 Å². The number of ether oxygens (including phenoxy) is 1. The first-order valence-electron chi connectivity index (χ1n) is 8.23. The number of rotatable bonds is 3. The van der Waals surface area contributed by atoms with Gasteiger partial charge in [-0.15, -0.1) is 0 Å². The number of hydrogen-bond acceptors (Lipinski definition) is 6. The van der Waals surface area contributed by atoms with Crippen LogP contribution in [0.1, 0.15) is 44.9 Å². The average molecular weight is 321 g/mol. The molecule has 3 aliphatic rings. The maximum absolute atomic E-state index is 12.3. The van der Waals surface area contributed by atoms with Crippen molar-refractivity contribution in [2.24, 2.45) is 17.4 Å². The van der Waals surface area contributed by atoms with Crippen molar-refractivity contribution in [2.75, 3.05) is 6.73 Å². The Morgan fingerprint density at radius 3 is 2.04 bits per heavy atom. The first-order chi connectivity index (χ1) is 11.0. The second kappa shape index (κ2) is 6.41. The van der Waals surface area contributed by atoms with Crippen LogP contribution in [0.2, 0.25) is 0 Å². The Kier molecular flexibility index (Phi) is 4.50. The van der Waals surface area contributed by atoms with Crippen molar-refractivity contribution in [2.45, 2.75) is 57.0 Å². The van der Waals surface area contributed by atoms with Crippen LogP contribution in [0, 0.1) is 5.92 Å². The molecule has 4 N–H and O–H groups in total. The Morgan fingerprint density at radius 2 is 1.52 bits per heavy atom. The van der Waals surface area contributed by atoms with E-state index in [1.807, 2.05) is 0 Å². The van der Waals surface area contributed by atoms with Gasteiger partial charge < -0.3 is 16.2 Å². The van der Waals surface area contributed by atoms with Crippen LogP contribution in [0.5, 0.6) is 0 Å². The molecule has 23 heavy (non-hydrogen) atoms. The van der Waals surface area contributed by atoms with Gasteiger partial charge in [-0.3, -0.25) is 14.4 Å². The van der Waals surface area contributed by atoms with Gasteiger partial charge >= 0.3 is 5.97 Å². The number of nitrogens with zero attached hydrogens (tertiary/aromatic N) is 1. The van der Waals surface area contributed by atoms with Crippen molar-refractivity contribution in [3.8, 4) is 0 Å². The third-order valence-electron chi connectivity index (χ3n) is 4.92. The molecule has 0 saturated heterocycles. The molecule has 3 rings (SSSR count). The highest BCUT2D eigenvalue weighted by atomic mass is 16.5. The van der Waals surface area contributed by atoms with Gasteiger partial charge in [0, 0.05) is 23.2 Å². The van der Waals surface area contributed by atoms with Gasteiger partial charge in [0.15, 0.2) is 6.73 Å². The predicted molar refractivity (Wildman–Crippen MR) is 81.6 cm³/mol. The molecular formula is C16H23N3O4. The van der Waals surface area contributed by atoms with Crippen molar-refractivity contribution in [1.29, 1.82) is 0 Å². The van der Waals surface area contributed by atoms with Crippen molar-refractivity contribution < 1.29 is 19.1 Å². The summed E-state index contributed by atoms with van der Waals surface area (Å²) in [4.78, 5) is 37.7. The SMILES string of the molecule is NC1CC(N)CC(C(=O)OCN2C(=O)C3=C(CCCC3)C2=O)C1. The molecule has 0 bridgehead atoms. The highest BCUT2D eigenvalue weighted by Gasteiger charge is 2.40. The summed E-state index contributed by atoms with van der Waals surface area (Å²) in [6, 6.07) is -0.222. The van der Waals surface area contributed by atoms with Gasteiger partial charge in [0.2, 0.25) is 0 Å². The average Bonchev–Trinajstić information content (AvgIpc) is 2.76. The molecule has 0 aromatic carbocycles. The lowest BCUT2D eigenvalue weighted by atomic mass is 9.83. The van der Waals surface area contributed by atoms with E-state index in [1.165, 1.54) is 0 Å². The number of nitrogens with two attached hydrogens (primary N) is 2. The minimum atomic E-state index is -0.430. The van der Waals surface area contributed by atoms with Crippen LogP contribution in [-0.4, -0.2) is 41.5 Å². The van der Waals surface area contributed by atoms with Crippen molar-refractivity contribution in [3.05, 3.63) is 11.1 Å². The molecule has 2 unspecified atom stereocenters. The fourth-order valence-corrected chi connectivity index (χ4v) is 3.76. The number of amides is 2. The fraction of sp³-hybridized carbons (Fsp3) is 0.688. The summed E-state index contributed by atoms with van der Waals surface area (Å²) in [5.41, 5.74) is 13.0. The summed E-state index contributed by atoms with van der Waals surface area (Å²) in [6.45, 7) is -0.315. The second-order valence-corrected chi connectivity index (χ2v) is 6.72. The van der Waals surface area contributed by atoms with Gasteiger partial charge in [-0.25, -0.2) is 4.90 Å². The first kappa shape index (κ1) is 16.1. The Hall–Kier alpha value is -1.73. The molecule has 1 heterocycles. The van der Waals surface area contributed by atoms with Crippen LogP contribution >= 0.6 is 0 Å². The molecular weight excluding hydrogens is 298 g/mol. The summed E-state index contributed by atoms with van der Waals surface area (Å²) < 4.78 is 5.22. The number of hydrogen-bond donors (Lipinski definition) is 2. The van der Waals surface area contributed by atoms with Gasteiger partial charge in [-0.05, 0) is 44.9 Å². The van der Waals surface area contributed by atoms with Crippen LogP contribution in [-0.2, 0) is 19.1 Å². The normalized spacial score (nSPS) is 31.4. The third-order valence-corrected chi connectivity index (χ3v) is 4.92. The van der Waals surface area contributed by atoms with Gasteiger partial charge in [-0.1, -0.05) is 0 Å². The molecule has 2 aliphatic carbocycles. The Morgan fingerprint density at radius 1 is 1.00 bits per heavy atom. The molecule has 0 aromatic heterocycles. The van der Waals surface area contributed by atoms with Crippen LogP contribution in [0.4, 0.5) is 0 Å². The van der Waals surface area contributed by atoms with E-state index in [9.17, 15) is 14.4 Å². The minimum Gasteiger partial charge on any atom is -0.443 e. The lowest BCUT2D eigenvalue weighted by Gasteiger charge is -2.30. The minimum absolute atomic E-state index is 0.111. The van der Waals surface area contributed by atoms with Crippen molar-refractivity contribution in [3.63, 3.8) is 0 Å². The summed E-state index contributed by atoms with van der Waals surface area (Å²) in [6.07, 6.45) is 4.87. The molecule has 1 saturated carbocycles. The summed E-state index contributed by atoms with van der Waals surface area (Å²) in [5, 5.41) is 0. The number of carbonyl (C=O) groups excluding carboxylic acids is 3. The topological polar surface area (TPSA) is 116 Å². The van der Waals surface area contributed by atoms with Crippen LogP contribution < -0.4 is 11.5 Å². The Labute approximate surface area is 135 Å². The number of esters is 1.